The van der Waals surface area contributed by atoms with E-state index in [-0.39, 0.29) is 11.8 Å². The highest BCUT2D eigenvalue weighted by atomic mass is 16.5. The first kappa shape index (κ1) is 21.4. The fourth-order valence-corrected chi connectivity index (χ4v) is 3.59. The summed E-state index contributed by atoms with van der Waals surface area (Å²) in [5.74, 6) is 0.998. The minimum atomic E-state index is -0.621. The van der Waals surface area contributed by atoms with E-state index >= 15 is 0 Å². The van der Waals surface area contributed by atoms with Gasteiger partial charge in [0.2, 0.25) is 0 Å². The van der Waals surface area contributed by atoms with Crippen molar-refractivity contribution in [2.24, 2.45) is 0 Å². The van der Waals surface area contributed by atoms with Crippen LogP contribution in [0.15, 0.2) is 66.7 Å². The number of rotatable bonds is 6. The minimum absolute atomic E-state index is 0.123. The summed E-state index contributed by atoms with van der Waals surface area (Å²) in [5, 5.41) is 2.89. The zero-order valence-corrected chi connectivity index (χ0v) is 18.4. The number of fused-ring (bicyclic) bond motifs is 1. The summed E-state index contributed by atoms with van der Waals surface area (Å²) >= 11 is 0. The van der Waals surface area contributed by atoms with Gasteiger partial charge in [-0.25, -0.2) is 0 Å². The lowest BCUT2D eigenvalue weighted by atomic mass is 10.1. The summed E-state index contributed by atoms with van der Waals surface area (Å²) in [7, 11) is 0. The molecule has 1 unspecified atom stereocenters. The third-order valence-electron chi connectivity index (χ3n) is 5.31. The van der Waals surface area contributed by atoms with Gasteiger partial charge in [0.05, 0.1) is 12.2 Å². The molecule has 3 aromatic rings. The van der Waals surface area contributed by atoms with Gasteiger partial charge in [0, 0.05) is 17.3 Å². The number of anilines is 2. The largest absolute Gasteiger partial charge is 0.492 e. The van der Waals surface area contributed by atoms with Gasteiger partial charge in [0.1, 0.15) is 18.1 Å². The molecule has 0 aliphatic carbocycles. The van der Waals surface area contributed by atoms with Crippen molar-refractivity contribution in [3.63, 3.8) is 0 Å². The van der Waals surface area contributed by atoms with E-state index in [0.29, 0.717) is 35.8 Å². The maximum atomic E-state index is 12.7. The second-order valence-corrected chi connectivity index (χ2v) is 7.92. The van der Waals surface area contributed by atoms with Gasteiger partial charge in [-0.1, -0.05) is 29.8 Å². The van der Waals surface area contributed by atoms with E-state index in [9.17, 15) is 9.59 Å². The van der Waals surface area contributed by atoms with Gasteiger partial charge in [-0.05, 0) is 62.7 Å². The quantitative estimate of drug-likeness (QED) is 0.613. The number of benzene rings is 3. The topological polar surface area (TPSA) is 67.9 Å². The van der Waals surface area contributed by atoms with Crippen LogP contribution in [0.25, 0.3) is 0 Å². The Balaban J connectivity index is 1.47. The SMILES string of the molecule is Cc1ccc(C(=O)Nc2ccc3c(c2)OC(C)C(=O)N3CCOc2cccc(C)c2)cc1. The van der Waals surface area contributed by atoms with Gasteiger partial charge in [0.15, 0.2) is 6.10 Å². The van der Waals surface area contributed by atoms with E-state index in [1.54, 1.807) is 42.2 Å². The van der Waals surface area contributed by atoms with E-state index in [0.717, 1.165) is 16.9 Å². The van der Waals surface area contributed by atoms with E-state index in [1.807, 2.05) is 50.2 Å². The normalized spacial score (nSPS) is 15.0. The Kier molecular flexibility index (Phi) is 6.12. The number of nitrogens with one attached hydrogen (secondary N) is 1. The third-order valence-corrected chi connectivity index (χ3v) is 5.31. The van der Waals surface area contributed by atoms with Crippen LogP contribution >= 0.6 is 0 Å². The van der Waals surface area contributed by atoms with Crippen molar-refractivity contribution >= 4 is 23.2 Å². The van der Waals surface area contributed by atoms with Crippen molar-refractivity contribution in [3.8, 4) is 11.5 Å². The Hall–Kier alpha value is -3.80. The van der Waals surface area contributed by atoms with Gasteiger partial charge < -0.3 is 19.7 Å². The smallest absolute Gasteiger partial charge is 0.267 e. The number of nitrogens with zero attached hydrogens (tertiary/aromatic N) is 1. The van der Waals surface area contributed by atoms with Crippen LogP contribution in [0.1, 0.15) is 28.4 Å². The first-order valence-corrected chi connectivity index (χ1v) is 10.6. The minimum Gasteiger partial charge on any atom is -0.492 e. The molecule has 0 fully saturated rings. The molecule has 6 nitrogen and oxygen atoms in total. The van der Waals surface area contributed by atoms with Gasteiger partial charge >= 0.3 is 0 Å². The van der Waals surface area contributed by atoms with E-state index in [2.05, 4.69) is 5.32 Å². The molecule has 2 amide bonds. The molecule has 1 N–H and O–H groups in total. The lowest BCUT2D eigenvalue weighted by molar-refractivity contribution is -0.125. The fraction of sp³-hybridized carbons (Fsp3) is 0.231. The zero-order valence-electron chi connectivity index (χ0n) is 18.4. The predicted octanol–water partition coefficient (Wildman–Crippen LogP) is 4.75. The molecule has 0 saturated carbocycles. The molecule has 32 heavy (non-hydrogen) atoms. The number of aryl methyl sites for hydroxylation is 2. The molecule has 4 rings (SSSR count). The second-order valence-electron chi connectivity index (χ2n) is 7.92. The van der Waals surface area contributed by atoms with Crippen LogP contribution in [0.3, 0.4) is 0 Å². The summed E-state index contributed by atoms with van der Waals surface area (Å²) in [6.45, 7) is 6.45. The number of ether oxygens (including phenoxy) is 2. The summed E-state index contributed by atoms with van der Waals surface area (Å²) in [6, 6.07) is 20.5. The summed E-state index contributed by atoms with van der Waals surface area (Å²) in [5.41, 5.74) is 4.05. The van der Waals surface area contributed by atoms with Crippen molar-refractivity contribution in [1.82, 2.24) is 0 Å². The zero-order chi connectivity index (χ0) is 22.7. The molecule has 1 atom stereocenters. The maximum absolute atomic E-state index is 12.7. The van der Waals surface area contributed by atoms with Gasteiger partial charge in [-0.2, -0.15) is 0 Å². The average molecular weight is 431 g/mol. The molecule has 6 heteroatoms. The summed E-state index contributed by atoms with van der Waals surface area (Å²) in [6.07, 6.45) is -0.621. The molecule has 0 aromatic heterocycles. The van der Waals surface area contributed by atoms with Crippen LogP contribution in [0.5, 0.6) is 11.5 Å². The van der Waals surface area contributed by atoms with Crippen LogP contribution in [-0.4, -0.2) is 31.1 Å². The lowest BCUT2D eigenvalue weighted by Crippen LogP contribution is -2.46. The van der Waals surface area contributed by atoms with Crippen LogP contribution in [-0.2, 0) is 4.79 Å². The van der Waals surface area contributed by atoms with Crippen molar-refractivity contribution in [3.05, 3.63) is 83.4 Å². The second kappa shape index (κ2) is 9.14. The highest BCUT2D eigenvalue weighted by Crippen LogP contribution is 2.36. The van der Waals surface area contributed by atoms with Gasteiger partial charge in [0.25, 0.3) is 11.8 Å². The van der Waals surface area contributed by atoms with E-state index in [1.165, 1.54) is 0 Å². The molecule has 1 aliphatic rings. The molecule has 0 radical (unpaired) electrons. The first-order chi connectivity index (χ1) is 15.4. The van der Waals surface area contributed by atoms with Crippen molar-refractivity contribution in [2.45, 2.75) is 26.9 Å². The Labute approximate surface area is 187 Å². The molecule has 0 bridgehead atoms. The molecule has 0 saturated heterocycles. The standard InChI is InChI=1S/C26H26N2O4/c1-17-7-9-20(10-8-17)25(29)27-21-11-12-23-24(16-21)32-19(3)26(30)28(23)13-14-31-22-6-4-5-18(2)15-22/h4-12,15-16,19H,13-14H2,1-3H3,(H,27,29). The third kappa shape index (κ3) is 4.75. The molecule has 3 aromatic carbocycles. The number of carbonyl (C=O) groups is 2. The summed E-state index contributed by atoms with van der Waals surface area (Å²) < 4.78 is 11.6. The van der Waals surface area contributed by atoms with Crippen LogP contribution < -0.4 is 19.7 Å². The Morgan fingerprint density at radius 1 is 1.03 bits per heavy atom. The van der Waals surface area contributed by atoms with Crippen molar-refractivity contribution in [2.75, 3.05) is 23.4 Å². The average Bonchev–Trinajstić information content (AvgIpc) is 2.77. The summed E-state index contributed by atoms with van der Waals surface area (Å²) in [4.78, 5) is 26.9. The Morgan fingerprint density at radius 2 is 1.81 bits per heavy atom. The van der Waals surface area contributed by atoms with Gasteiger partial charge in [-0.15, -0.1) is 0 Å². The highest BCUT2D eigenvalue weighted by Gasteiger charge is 2.31. The molecule has 1 aliphatic heterocycles. The predicted molar refractivity (Wildman–Crippen MR) is 125 cm³/mol. The highest BCUT2D eigenvalue weighted by molar-refractivity contribution is 6.05. The molecular formula is C26H26N2O4. The number of amides is 2. The molecule has 1 heterocycles. The number of hydrogen-bond acceptors (Lipinski definition) is 4. The maximum Gasteiger partial charge on any atom is 0.267 e. The Bertz CT molecular complexity index is 1140. The molecule has 164 valence electrons. The first-order valence-electron chi connectivity index (χ1n) is 10.6. The number of carbonyl (C=O) groups excluding carboxylic acids is 2. The lowest BCUT2D eigenvalue weighted by Gasteiger charge is -2.33. The van der Waals surface area contributed by atoms with Crippen molar-refractivity contribution < 1.29 is 19.1 Å². The molecular weight excluding hydrogens is 404 g/mol. The van der Waals surface area contributed by atoms with E-state index < -0.39 is 6.10 Å². The molecule has 0 spiro atoms. The monoisotopic (exact) mass is 430 g/mol. The van der Waals surface area contributed by atoms with E-state index in [4.69, 9.17) is 9.47 Å². The number of hydrogen-bond donors (Lipinski definition) is 1. The fourth-order valence-electron chi connectivity index (χ4n) is 3.59. The van der Waals surface area contributed by atoms with Crippen LogP contribution in [0.2, 0.25) is 0 Å². The Morgan fingerprint density at radius 3 is 2.56 bits per heavy atom. The van der Waals surface area contributed by atoms with Crippen LogP contribution in [0, 0.1) is 13.8 Å². The van der Waals surface area contributed by atoms with Crippen molar-refractivity contribution in [1.29, 1.82) is 0 Å². The van der Waals surface area contributed by atoms with Crippen LogP contribution in [0.4, 0.5) is 11.4 Å². The van der Waals surface area contributed by atoms with Gasteiger partial charge in [-0.3, -0.25) is 9.59 Å².